The molecule has 0 fully saturated rings. The molecule has 116 valence electrons. The monoisotopic (exact) mass is 319 g/mol. The summed E-state index contributed by atoms with van der Waals surface area (Å²) in [6, 6.07) is 17.1. The molecule has 0 spiro atoms. The Morgan fingerprint density at radius 3 is 2.14 bits per heavy atom. The van der Waals surface area contributed by atoms with E-state index in [1.807, 2.05) is 42.5 Å². The highest BCUT2D eigenvalue weighted by atomic mass is 32.2. The summed E-state index contributed by atoms with van der Waals surface area (Å²) < 4.78 is 22.1. The first kappa shape index (κ1) is 16.2. The Hall–Kier alpha value is -2.18. The lowest BCUT2D eigenvalue weighted by atomic mass is 10.1. The molecule has 0 saturated heterocycles. The van der Waals surface area contributed by atoms with Crippen molar-refractivity contribution in [3.05, 3.63) is 54.6 Å². The summed E-state index contributed by atoms with van der Waals surface area (Å²) in [4.78, 5) is 10.5. The van der Waals surface area contributed by atoms with Crippen molar-refractivity contribution < 1.29 is 18.7 Å². The van der Waals surface area contributed by atoms with Crippen molar-refractivity contribution in [3.8, 4) is 11.1 Å². The van der Waals surface area contributed by atoms with E-state index in [0.29, 0.717) is 12.1 Å². The molecule has 0 heterocycles. The van der Waals surface area contributed by atoms with Gasteiger partial charge >= 0.3 is 5.97 Å². The average molecular weight is 319 g/mol. The Balaban J connectivity index is 2.12. The largest absolute Gasteiger partial charge is 0.481 e. The average Bonchev–Trinajstić information content (AvgIpc) is 2.52. The van der Waals surface area contributed by atoms with Crippen molar-refractivity contribution in [2.24, 2.45) is 0 Å². The van der Waals surface area contributed by atoms with Crippen molar-refractivity contribution in [1.29, 1.82) is 0 Å². The van der Waals surface area contributed by atoms with Crippen LogP contribution in [0, 0.1) is 0 Å². The van der Waals surface area contributed by atoms with Crippen LogP contribution in [-0.2, 0) is 16.1 Å². The van der Waals surface area contributed by atoms with Crippen LogP contribution in [-0.4, -0.2) is 26.4 Å². The molecule has 1 atom stereocenters. The fourth-order valence-corrected chi connectivity index (χ4v) is 2.71. The van der Waals surface area contributed by atoms with Crippen LogP contribution >= 0.6 is 0 Å². The molecule has 2 rings (SSSR count). The lowest BCUT2D eigenvalue weighted by Gasteiger charge is -2.19. The normalized spacial score (nSPS) is 11.9. The molecule has 22 heavy (non-hydrogen) atoms. The predicted octanol–water partition coefficient (Wildman–Crippen LogP) is 3.16. The third-order valence-corrected chi connectivity index (χ3v) is 3.97. The third-order valence-electron chi connectivity index (χ3n) is 3.20. The van der Waals surface area contributed by atoms with Crippen molar-refractivity contribution in [2.75, 3.05) is 10.8 Å². The number of carboxylic acids is 1. The highest BCUT2D eigenvalue weighted by molar-refractivity contribution is 7.80. The van der Waals surface area contributed by atoms with Gasteiger partial charge in [0.2, 0.25) is 0 Å². The Morgan fingerprint density at radius 1 is 1.00 bits per heavy atom. The first-order valence-electron chi connectivity index (χ1n) is 6.83. The van der Waals surface area contributed by atoms with Gasteiger partial charge in [0.1, 0.15) is 0 Å². The summed E-state index contributed by atoms with van der Waals surface area (Å²) in [7, 11) is 0. The fourth-order valence-electron chi connectivity index (χ4n) is 2.12. The van der Waals surface area contributed by atoms with E-state index in [1.165, 1.54) is 4.31 Å². The van der Waals surface area contributed by atoms with Gasteiger partial charge in [-0.3, -0.25) is 13.7 Å². The van der Waals surface area contributed by atoms with Crippen LogP contribution < -0.4 is 4.31 Å². The number of benzene rings is 2. The van der Waals surface area contributed by atoms with Gasteiger partial charge in [-0.05, 0) is 29.7 Å². The number of hydrogen-bond acceptors (Lipinski definition) is 2. The molecule has 2 aromatic rings. The molecular formula is C16H17NO4S. The molecular weight excluding hydrogens is 302 g/mol. The SMILES string of the molecule is O=C(O)CCCN(c1ccc(-c2ccccc2)cc1)S(=O)O. The van der Waals surface area contributed by atoms with E-state index < -0.39 is 17.2 Å². The van der Waals surface area contributed by atoms with Crippen molar-refractivity contribution in [3.63, 3.8) is 0 Å². The zero-order chi connectivity index (χ0) is 15.9. The standard InChI is InChI=1S/C16H17NO4S/c18-16(19)7-4-12-17(22(20)21)15-10-8-14(9-11-15)13-5-2-1-3-6-13/h1-3,5-6,8-11H,4,7,12H2,(H,18,19)(H,20,21). The molecule has 6 heteroatoms. The minimum Gasteiger partial charge on any atom is -0.481 e. The first-order valence-corrected chi connectivity index (χ1v) is 7.90. The van der Waals surface area contributed by atoms with Crippen LogP contribution in [0.15, 0.2) is 54.6 Å². The zero-order valence-corrected chi connectivity index (χ0v) is 12.7. The van der Waals surface area contributed by atoms with Gasteiger partial charge in [-0.25, -0.2) is 4.21 Å². The van der Waals surface area contributed by atoms with Gasteiger partial charge in [0.15, 0.2) is 0 Å². The minimum atomic E-state index is -2.18. The molecule has 0 saturated carbocycles. The van der Waals surface area contributed by atoms with E-state index in [-0.39, 0.29) is 13.0 Å². The highest BCUT2D eigenvalue weighted by Crippen LogP contribution is 2.23. The van der Waals surface area contributed by atoms with Gasteiger partial charge in [0.25, 0.3) is 11.3 Å². The highest BCUT2D eigenvalue weighted by Gasteiger charge is 2.13. The van der Waals surface area contributed by atoms with Crippen molar-refractivity contribution >= 4 is 22.9 Å². The molecule has 0 aliphatic rings. The smallest absolute Gasteiger partial charge is 0.303 e. The minimum absolute atomic E-state index is 0.0319. The molecule has 0 aliphatic carbocycles. The van der Waals surface area contributed by atoms with Crippen LogP contribution in [0.1, 0.15) is 12.8 Å². The predicted molar refractivity (Wildman–Crippen MR) is 86.9 cm³/mol. The lowest BCUT2D eigenvalue weighted by Crippen LogP contribution is -2.26. The second-order valence-corrected chi connectivity index (χ2v) is 5.65. The summed E-state index contributed by atoms with van der Waals surface area (Å²) in [5.74, 6) is -0.914. The first-order chi connectivity index (χ1) is 10.6. The van der Waals surface area contributed by atoms with Crippen LogP contribution in [0.5, 0.6) is 0 Å². The van der Waals surface area contributed by atoms with Crippen molar-refractivity contribution in [2.45, 2.75) is 12.8 Å². The molecule has 0 bridgehead atoms. The van der Waals surface area contributed by atoms with Crippen LogP contribution in [0.2, 0.25) is 0 Å². The van der Waals surface area contributed by atoms with Gasteiger partial charge in [0.05, 0.1) is 5.69 Å². The number of rotatable bonds is 7. The van der Waals surface area contributed by atoms with Crippen LogP contribution in [0.25, 0.3) is 11.1 Å². The Morgan fingerprint density at radius 2 is 1.59 bits per heavy atom. The second-order valence-electron chi connectivity index (χ2n) is 4.74. The molecule has 2 N–H and O–H groups in total. The quantitative estimate of drug-likeness (QED) is 0.768. The van der Waals surface area contributed by atoms with E-state index in [9.17, 15) is 13.6 Å². The topological polar surface area (TPSA) is 77.8 Å². The van der Waals surface area contributed by atoms with Gasteiger partial charge in [0, 0.05) is 13.0 Å². The fraction of sp³-hybridized carbons (Fsp3) is 0.188. The molecule has 0 aliphatic heterocycles. The maximum Gasteiger partial charge on any atom is 0.303 e. The number of hydrogen-bond donors (Lipinski definition) is 2. The maximum atomic E-state index is 11.4. The maximum absolute atomic E-state index is 11.4. The van der Waals surface area contributed by atoms with Gasteiger partial charge < -0.3 is 5.11 Å². The van der Waals surface area contributed by atoms with Crippen LogP contribution in [0.3, 0.4) is 0 Å². The number of nitrogens with zero attached hydrogens (tertiary/aromatic N) is 1. The van der Waals surface area contributed by atoms with E-state index in [4.69, 9.17) is 5.11 Å². The molecule has 0 radical (unpaired) electrons. The van der Waals surface area contributed by atoms with Crippen molar-refractivity contribution in [1.82, 2.24) is 0 Å². The summed E-state index contributed by atoms with van der Waals surface area (Å²) in [6.07, 6.45) is 0.276. The van der Waals surface area contributed by atoms with Gasteiger partial charge in [-0.2, -0.15) is 0 Å². The number of carbonyl (C=O) groups is 1. The summed E-state index contributed by atoms with van der Waals surface area (Å²) in [6.45, 7) is 0.208. The molecule has 5 nitrogen and oxygen atoms in total. The summed E-state index contributed by atoms with van der Waals surface area (Å²) in [5.41, 5.74) is 2.67. The number of carboxylic acid groups (broad SMARTS) is 1. The number of anilines is 1. The van der Waals surface area contributed by atoms with E-state index >= 15 is 0 Å². The van der Waals surface area contributed by atoms with Gasteiger partial charge in [-0.15, -0.1) is 0 Å². The van der Waals surface area contributed by atoms with Gasteiger partial charge in [-0.1, -0.05) is 42.5 Å². The number of aliphatic carboxylic acids is 1. The Kier molecular flexibility index (Phi) is 5.68. The summed E-state index contributed by atoms with van der Waals surface area (Å²) >= 11 is -2.18. The van der Waals surface area contributed by atoms with E-state index in [0.717, 1.165) is 11.1 Å². The molecule has 0 amide bonds. The summed E-state index contributed by atoms with van der Waals surface area (Å²) in [5, 5.41) is 8.64. The lowest BCUT2D eigenvalue weighted by molar-refractivity contribution is -0.137. The molecule has 1 unspecified atom stereocenters. The third kappa shape index (κ3) is 4.41. The Labute approximate surface area is 131 Å². The molecule has 0 aromatic heterocycles. The van der Waals surface area contributed by atoms with E-state index in [2.05, 4.69) is 0 Å². The Bertz CT molecular complexity index is 643. The van der Waals surface area contributed by atoms with E-state index in [1.54, 1.807) is 12.1 Å². The molecule has 2 aromatic carbocycles. The second kappa shape index (κ2) is 7.72. The van der Waals surface area contributed by atoms with Crippen LogP contribution in [0.4, 0.5) is 5.69 Å². The zero-order valence-electron chi connectivity index (χ0n) is 11.9.